The van der Waals surface area contributed by atoms with Crippen LogP contribution in [0.4, 0.5) is 5.69 Å². The summed E-state index contributed by atoms with van der Waals surface area (Å²) in [4.78, 5) is 11.4. The zero-order valence-electron chi connectivity index (χ0n) is 8.83. The zero-order chi connectivity index (χ0) is 11.4. The molecule has 0 aliphatic heterocycles. The van der Waals surface area contributed by atoms with Crippen LogP contribution in [-0.2, 0) is 7.05 Å². The van der Waals surface area contributed by atoms with Gasteiger partial charge in [0.25, 0.3) is 5.56 Å². The zero-order valence-corrected chi connectivity index (χ0v) is 9.58. The molecule has 1 heterocycles. The molecule has 6 heteroatoms. The maximum absolute atomic E-state index is 11.4. The lowest BCUT2D eigenvalue weighted by atomic mass is 10.2. The highest BCUT2D eigenvalue weighted by Crippen LogP contribution is 2.14. The molecule has 3 N–H and O–H groups in total. The van der Waals surface area contributed by atoms with Crippen LogP contribution in [0.5, 0.6) is 0 Å². The predicted octanol–water partition coefficient (Wildman–Crippen LogP) is 0.583. The Balaban J connectivity index is 2.79. The standard InChI is InChI=1S/C9H15ClN4O/c1-3-6(11)4-12-7-5-13-14(2)9(15)8(7)10/h5-6,12H,3-4,11H2,1-2H3. The van der Waals surface area contributed by atoms with Crippen LogP contribution in [0.2, 0.25) is 5.02 Å². The summed E-state index contributed by atoms with van der Waals surface area (Å²) in [6.45, 7) is 2.57. The smallest absolute Gasteiger partial charge is 0.287 e. The van der Waals surface area contributed by atoms with Crippen molar-refractivity contribution in [2.75, 3.05) is 11.9 Å². The lowest BCUT2D eigenvalue weighted by molar-refractivity contribution is 0.675. The van der Waals surface area contributed by atoms with E-state index in [9.17, 15) is 4.79 Å². The van der Waals surface area contributed by atoms with Crippen molar-refractivity contribution in [2.45, 2.75) is 19.4 Å². The number of halogens is 1. The summed E-state index contributed by atoms with van der Waals surface area (Å²) in [6.07, 6.45) is 2.38. The first kappa shape index (κ1) is 12.0. The van der Waals surface area contributed by atoms with Crippen LogP contribution in [0.3, 0.4) is 0 Å². The number of nitrogens with two attached hydrogens (primary N) is 1. The summed E-state index contributed by atoms with van der Waals surface area (Å²) < 4.78 is 1.19. The normalized spacial score (nSPS) is 12.5. The molecule has 1 rings (SSSR count). The van der Waals surface area contributed by atoms with E-state index in [4.69, 9.17) is 17.3 Å². The van der Waals surface area contributed by atoms with Gasteiger partial charge in [-0.15, -0.1) is 0 Å². The van der Waals surface area contributed by atoms with Crippen LogP contribution in [0, 0.1) is 0 Å². The first-order chi connectivity index (χ1) is 7.06. The highest BCUT2D eigenvalue weighted by atomic mass is 35.5. The number of anilines is 1. The van der Waals surface area contributed by atoms with Gasteiger partial charge in [-0.3, -0.25) is 4.79 Å². The molecule has 1 unspecified atom stereocenters. The second-order valence-corrected chi connectivity index (χ2v) is 3.73. The van der Waals surface area contributed by atoms with Gasteiger partial charge in [0.15, 0.2) is 0 Å². The molecule has 15 heavy (non-hydrogen) atoms. The number of aryl methyl sites for hydroxylation is 1. The van der Waals surface area contributed by atoms with Gasteiger partial charge in [-0.25, -0.2) is 4.68 Å². The van der Waals surface area contributed by atoms with Crippen molar-refractivity contribution in [1.82, 2.24) is 9.78 Å². The molecule has 0 aliphatic rings. The molecule has 0 radical (unpaired) electrons. The molecule has 0 aliphatic carbocycles. The van der Waals surface area contributed by atoms with E-state index in [1.807, 2.05) is 6.92 Å². The minimum atomic E-state index is -0.313. The number of nitrogens with one attached hydrogen (secondary N) is 1. The second kappa shape index (κ2) is 5.14. The van der Waals surface area contributed by atoms with Crippen molar-refractivity contribution in [3.8, 4) is 0 Å². The van der Waals surface area contributed by atoms with Gasteiger partial charge in [-0.2, -0.15) is 5.10 Å². The van der Waals surface area contributed by atoms with Crippen molar-refractivity contribution >= 4 is 17.3 Å². The van der Waals surface area contributed by atoms with Crippen LogP contribution in [0.25, 0.3) is 0 Å². The molecule has 0 saturated heterocycles. The third kappa shape index (κ3) is 2.94. The van der Waals surface area contributed by atoms with Crippen LogP contribution in [-0.4, -0.2) is 22.4 Å². The van der Waals surface area contributed by atoms with Crippen LogP contribution in [0.1, 0.15) is 13.3 Å². The summed E-state index contributed by atoms with van der Waals surface area (Å²) in [5.41, 5.74) is 5.95. The maximum Gasteiger partial charge on any atom is 0.287 e. The summed E-state index contributed by atoms with van der Waals surface area (Å²) >= 11 is 5.85. The second-order valence-electron chi connectivity index (χ2n) is 3.35. The van der Waals surface area contributed by atoms with Crippen LogP contribution >= 0.6 is 11.6 Å². The average Bonchev–Trinajstić information content (AvgIpc) is 2.24. The number of rotatable bonds is 4. The summed E-state index contributed by atoms with van der Waals surface area (Å²) in [5.74, 6) is 0. The monoisotopic (exact) mass is 230 g/mol. The fourth-order valence-corrected chi connectivity index (χ4v) is 1.26. The van der Waals surface area contributed by atoms with Crippen LogP contribution in [0.15, 0.2) is 11.0 Å². The van der Waals surface area contributed by atoms with Gasteiger partial charge in [-0.05, 0) is 6.42 Å². The largest absolute Gasteiger partial charge is 0.381 e. The number of hydrogen-bond acceptors (Lipinski definition) is 4. The minimum Gasteiger partial charge on any atom is -0.381 e. The van der Waals surface area contributed by atoms with E-state index in [0.717, 1.165) is 6.42 Å². The highest BCUT2D eigenvalue weighted by Gasteiger charge is 2.07. The first-order valence-corrected chi connectivity index (χ1v) is 5.15. The number of hydrogen-bond donors (Lipinski definition) is 2. The Labute approximate surface area is 93.2 Å². The third-order valence-electron chi connectivity index (χ3n) is 2.16. The van der Waals surface area contributed by atoms with Gasteiger partial charge in [0.2, 0.25) is 0 Å². The van der Waals surface area contributed by atoms with E-state index in [1.54, 1.807) is 7.05 Å². The molecule has 5 nitrogen and oxygen atoms in total. The summed E-state index contributed by atoms with van der Waals surface area (Å²) in [6, 6.07) is 0.0464. The fourth-order valence-electron chi connectivity index (χ4n) is 1.02. The lowest BCUT2D eigenvalue weighted by Crippen LogP contribution is -2.29. The quantitative estimate of drug-likeness (QED) is 0.794. The average molecular weight is 231 g/mol. The van der Waals surface area contributed by atoms with E-state index in [1.165, 1.54) is 10.9 Å². The van der Waals surface area contributed by atoms with Crippen molar-refractivity contribution in [3.05, 3.63) is 21.6 Å². The Morgan fingerprint density at radius 3 is 3.00 bits per heavy atom. The van der Waals surface area contributed by atoms with Gasteiger partial charge in [0, 0.05) is 19.6 Å². The predicted molar refractivity (Wildman–Crippen MR) is 61.2 cm³/mol. The molecule has 0 spiro atoms. The molecule has 84 valence electrons. The Hall–Kier alpha value is -1.07. The molecule has 0 saturated carbocycles. The summed E-state index contributed by atoms with van der Waals surface area (Å²) in [5, 5.41) is 7.01. The van der Waals surface area contributed by atoms with Crippen molar-refractivity contribution in [1.29, 1.82) is 0 Å². The Morgan fingerprint density at radius 1 is 1.73 bits per heavy atom. The molecular weight excluding hydrogens is 216 g/mol. The fraction of sp³-hybridized carbons (Fsp3) is 0.556. The number of aromatic nitrogens is 2. The molecule has 0 fully saturated rings. The summed E-state index contributed by atoms with van der Waals surface area (Å²) in [7, 11) is 1.55. The van der Waals surface area contributed by atoms with Crippen LogP contribution < -0.4 is 16.6 Å². The number of nitrogens with zero attached hydrogens (tertiary/aromatic N) is 2. The van der Waals surface area contributed by atoms with Gasteiger partial charge in [-0.1, -0.05) is 18.5 Å². The Bertz CT molecular complexity index is 390. The molecule has 1 aromatic heterocycles. The molecular formula is C9H15ClN4O. The van der Waals surface area contributed by atoms with E-state index in [2.05, 4.69) is 10.4 Å². The van der Waals surface area contributed by atoms with E-state index in [-0.39, 0.29) is 16.6 Å². The van der Waals surface area contributed by atoms with Crippen molar-refractivity contribution in [3.63, 3.8) is 0 Å². The maximum atomic E-state index is 11.4. The molecule has 1 atom stereocenters. The Morgan fingerprint density at radius 2 is 2.40 bits per heavy atom. The third-order valence-corrected chi connectivity index (χ3v) is 2.52. The van der Waals surface area contributed by atoms with Gasteiger partial charge in [0.05, 0.1) is 11.9 Å². The molecule has 0 aromatic carbocycles. The van der Waals surface area contributed by atoms with E-state index < -0.39 is 0 Å². The molecule has 0 amide bonds. The van der Waals surface area contributed by atoms with Gasteiger partial charge in [0.1, 0.15) is 5.02 Å². The lowest BCUT2D eigenvalue weighted by Gasteiger charge is -2.12. The first-order valence-electron chi connectivity index (χ1n) is 4.77. The topological polar surface area (TPSA) is 72.9 Å². The highest BCUT2D eigenvalue weighted by molar-refractivity contribution is 6.32. The van der Waals surface area contributed by atoms with Gasteiger partial charge >= 0.3 is 0 Å². The molecule has 1 aromatic rings. The Kier molecular flexibility index (Phi) is 4.11. The van der Waals surface area contributed by atoms with E-state index >= 15 is 0 Å². The van der Waals surface area contributed by atoms with E-state index in [0.29, 0.717) is 12.2 Å². The SMILES string of the molecule is CCC(N)CNc1cnn(C)c(=O)c1Cl. The minimum absolute atomic E-state index is 0.0464. The van der Waals surface area contributed by atoms with Crippen molar-refractivity contribution < 1.29 is 0 Å². The van der Waals surface area contributed by atoms with Gasteiger partial charge < -0.3 is 11.1 Å². The molecule has 0 bridgehead atoms. The van der Waals surface area contributed by atoms with Crippen molar-refractivity contribution in [2.24, 2.45) is 12.8 Å².